The van der Waals surface area contributed by atoms with Crippen LogP contribution in [-0.2, 0) is 11.2 Å². The molecule has 0 unspecified atom stereocenters. The number of Topliss-reactive ketones (excluding diaryl/α,β-unsaturated/α-hetero) is 1. The topological polar surface area (TPSA) is 17.1 Å². The molecule has 0 radical (unpaired) electrons. The van der Waals surface area contributed by atoms with Crippen LogP contribution in [0.5, 0.6) is 0 Å². The molecular weight excluding hydrogens is 268 g/mol. The highest BCUT2D eigenvalue weighted by Crippen LogP contribution is 2.20. The smallest absolute Gasteiger partial charge is 0.136 e. The van der Waals surface area contributed by atoms with Crippen molar-refractivity contribution in [3.63, 3.8) is 0 Å². The second kappa shape index (κ2) is 9.19. The molecule has 0 saturated carbocycles. The molecule has 0 aliphatic rings. The van der Waals surface area contributed by atoms with Crippen molar-refractivity contribution in [3.05, 3.63) is 64.8 Å². The fourth-order valence-electron chi connectivity index (χ4n) is 2.10. The van der Waals surface area contributed by atoms with Crippen molar-refractivity contribution < 1.29 is 4.79 Å². The van der Waals surface area contributed by atoms with Gasteiger partial charge in [0.1, 0.15) is 5.78 Å². The zero-order valence-electron chi connectivity index (χ0n) is 14.6. The summed E-state index contributed by atoms with van der Waals surface area (Å²) in [5, 5.41) is 0. The van der Waals surface area contributed by atoms with E-state index in [1.807, 2.05) is 19.1 Å². The summed E-state index contributed by atoms with van der Waals surface area (Å²) >= 11 is 0. The summed E-state index contributed by atoms with van der Waals surface area (Å²) in [4.78, 5) is 11.7. The minimum absolute atomic E-state index is 0.284. The molecule has 0 heterocycles. The van der Waals surface area contributed by atoms with Crippen LogP contribution in [0, 0.1) is 0 Å². The number of hydrogen-bond donors (Lipinski definition) is 0. The predicted molar refractivity (Wildman–Crippen MR) is 96.9 cm³/mol. The quantitative estimate of drug-likeness (QED) is 0.571. The second-order valence-electron chi connectivity index (χ2n) is 5.98. The summed E-state index contributed by atoms with van der Waals surface area (Å²) in [7, 11) is 0. The van der Waals surface area contributed by atoms with Crippen molar-refractivity contribution in [3.8, 4) is 0 Å². The first-order chi connectivity index (χ1) is 10.5. The van der Waals surface area contributed by atoms with Gasteiger partial charge in [0.15, 0.2) is 0 Å². The van der Waals surface area contributed by atoms with Crippen LogP contribution in [0.15, 0.2) is 53.6 Å². The van der Waals surface area contributed by atoms with Gasteiger partial charge in [0, 0.05) is 12.8 Å². The summed E-state index contributed by atoms with van der Waals surface area (Å²) < 4.78 is 0. The van der Waals surface area contributed by atoms with Gasteiger partial charge in [-0.3, -0.25) is 4.79 Å². The Morgan fingerprint density at radius 2 is 1.77 bits per heavy atom. The van der Waals surface area contributed by atoms with Gasteiger partial charge in [-0.05, 0) is 43.9 Å². The molecule has 1 rings (SSSR count). The molecule has 0 amide bonds. The lowest BCUT2D eigenvalue weighted by molar-refractivity contribution is -0.118. The Kier molecular flexibility index (Phi) is 7.59. The van der Waals surface area contributed by atoms with Gasteiger partial charge < -0.3 is 0 Å². The van der Waals surface area contributed by atoms with Gasteiger partial charge in [-0.1, -0.05) is 67.5 Å². The Morgan fingerprint density at radius 1 is 1.05 bits per heavy atom. The monoisotopic (exact) mass is 296 g/mol. The molecule has 0 saturated heterocycles. The van der Waals surface area contributed by atoms with E-state index >= 15 is 0 Å². The first-order valence-corrected chi connectivity index (χ1v) is 8.09. The molecule has 0 aliphatic heterocycles. The average Bonchev–Trinajstić information content (AvgIpc) is 2.50. The number of benzene rings is 1. The van der Waals surface area contributed by atoms with E-state index < -0.39 is 0 Å². The Hall–Kier alpha value is -1.89. The van der Waals surface area contributed by atoms with Gasteiger partial charge in [-0.25, -0.2) is 0 Å². The fourth-order valence-corrected chi connectivity index (χ4v) is 2.10. The van der Waals surface area contributed by atoms with Gasteiger partial charge in [-0.15, -0.1) is 0 Å². The van der Waals surface area contributed by atoms with E-state index in [0.717, 1.165) is 12.0 Å². The van der Waals surface area contributed by atoms with E-state index in [-0.39, 0.29) is 5.78 Å². The molecule has 1 nitrogen and oxygen atoms in total. The van der Waals surface area contributed by atoms with Crippen molar-refractivity contribution in [2.24, 2.45) is 0 Å². The van der Waals surface area contributed by atoms with E-state index in [9.17, 15) is 4.79 Å². The van der Waals surface area contributed by atoms with Crippen LogP contribution in [0.1, 0.15) is 58.6 Å². The molecule has 118 valence electrons. The van der Waals surface area contributed by atoms with Gasteiger partial charge in [0.25, 0.3) is 0 Å². The normalized spacial score (nSPS) is 12.2. The van der Waals surface area contributed by atoms with Crippen molar-refractivity contribution in [1.29, 1.82) is 0 Å². The van der Waals surface area contributed by atoms with E-state index in [4.69, 9.17) is 0 Å². The van der Waals surface area contributed by atoms with Crippen LogP contribution >= 0.6 is 0 Å². The van der Waals surface area contributed by atoms with Gasteiger partial charge in [-0.2, -0.15) is 0 Å². The molecule has 0 fully saturated rings. The van der Waals surface area contributed by atoms with Crippen molar-refractivity contribution in [1.82, 2.24) is 0 Å². The lowest BCUT2D eigenvalue weighted by atomic mass is 9.98. The zero-order valence-corrected chi connectivity index (χ0v) is 14.6. The highest BCUT2D eigenvalue weighted by Gasteiger charge is 2.04. The number of ketones is 1. The third-order valence-corrected chi connectivity index (χ3v) is 3.61. The van der Waals surface area contributed by atoms with E-state index in [2.05, 4.69) is 58.1 Å². The van der Waals surface area contributed by atoms with E-state index in [1.54, 1.807) is 0 Å². The average molecular weight is 296 g/mol. The Labute approximate surface area is 135 Å². The standard InChI is InChI=1S/C21H28O/c1-6-17(5)11-12-20(13-16(3)4)19-10-8-9-18(14-19)15-21(22)7-2/h8-14H,6-7,15H2,1-5H3/b17-11?,20-12+. The number of hydrogen-bond acceptors (Lipinski definition) is 1. The Morgan fingerprint density at radius 3 is 2.36 bits per heavy atom. The SMILES string of the molecule is CCC(=O)Cc1cccc(/C(C=C(C)C)=C/C=C(C)CC)c1. The summed E-state index contributed by atoms with van der Waals surface area (Å²) in [5.74, 6) is 0.284. The highest BCUT2D eigenvalue weighted by atomic mass is 16.1. The third kappa shape index (κ3) is 6.26. The number of allylic oxidation sites excluding steroid dienone is 6. The summed E-state index contributed by atoms with van der Waals surface area (Å²) in [5.41, 5.74) is 6.08. The van der Waals surface area contributed by atoms with Crippen molar-refractivity contribution in [2.45, 2.75) is 53.9 Å². The molecule has 0 bridgehead atoms. The van der Waals surface area contributed by atoms with Crippen LogP contribution in [0.3, 0.4) is 0 Å². The maximum atomic E-state index is 11.7. The molecule has 1 aromatic carbocycles. The summed E-state index contributed by atoms with van der Waals surface area (Å²) in [6.07, 6.45) is 8.73. The van der Waals surface area contributed by atoms with Crippen molar-refractivity contribution >= 4 is 11.4 Å². The molecule has 0 aliphatic carbocycles. The number of carbonyl (C=O) groups is 1. The van der Waals surface area contributed by atoms with E-state index in [1.165, 1.54) is 22.3 Å². The largest absolute Gasteiger partial charge is 0.299 e. The highest BCUT2D eigenvalue weighted by molar-refractivity contribution is 5.81. The van der Waals surface area contributed by atoms with E-state index in [0.29, 0.717) is 12.8 Å². The molecular formula is C21H28O. The third-order valence-electron chi connectivity index (χ3n) is 3.61. The molecule has 1 heteroatoms. The minimum atomic E-state index is 0.284. The molecule has 0 aromatic heterocycles. The van der Waals surface area contributed by atoms with Crippen LogP contribution in [0.25, 0.3) is 5.57 Å². The lowest BCUT2D eigenvalue weighted by Crippen LogP contribution is -2.00. The Balaban J connectivity index is 3.18. The molecule has 0 atom stereocenters. The van der Waals surface area contributed by atoms with Crippen LogP contribution in [0.2, 0.25) is 0 Å². The maximum absolute atomic E-state index is 11.7. The van der Waals surface area contributed by atoms with Gasteiger partial charge in [0.2, 0.25) is 0 Å². The molecule has 0 spiro atoms. The lowest BCUT2D eigenvalue weighted by Gasteiger charge is -2.07. The van der Waals surface area contributed by atoms with Crippen molar-refractivity contribution in [2.75, 3.05) is 0 Å². The summed E-state index contributed by atoms with van der Waals surface area (Å²) in [6, 6.07) is 8.31. The van der Waals surface area contributed by atoms with Crippen LogP contribution in [-0.4, -0.2) is 5.78 Å². The first-order valence-electron chi connectivity index (χ1n) is 8.09. The first kappa shape index (κ1) is 18.2. The Bertz CT molecular complexity index is 596. The van der Waals surface area contributed by atoms with Crippen LogP contribution in [0.4, 0.5) is 0 Å². The minimum Gasteiger partial charge on any atom is -0.299 e. The zero-order chi connectivity index (χ0) is 16.5. The molecule has 1 aromatic rings. The fraction of sp³-hybridized carbons (Fsp3) is 0.381. The maximum Gasteiger partial charge on any atom is 0.136 e. The predicted octanol–water partition coefficient (Wildman–Crippen LogP) is 5.91. The number of rotatable bonds is 7. The summed E-state index contributed by atoms with van der Waals surface area (Å²) in [6.45, 7) is 10.4. The van der Waals surface area contributed by atoms with Gasteiger partial charge >= 0.3 is 0 Å². The molecule has 0 N–H and O–H groups in total. The number of carbonyl (C=O) groups excluding carboxylic acids is 1. The molecule has 22 heavy (non-hydrogen) atoms. The van der Waals surface area contributed by atoms with Crippen LogP contribution < -0.4 is 0 Å². The van der Waals surface area contributed by atoms with Gasteiger partial charge in [0.05, 0.1) is 0 Å². The second-order valence-corrected chi connectivity index (χ2v) is 5.98.